The molecule has 7 nitrogen and oxygen atoms in total. The van der Waals surface area contributed by atoms with E-state index in [2.05, 4.69) is 0 Å². The normalized spacial score (nSPS) is 10.8. The lowest BCUT2D eigenvalue weighted by atomic mass is 10.2. The average Bonchev–Trinajstić information content (AvgIpc) is 2.80. The fourth-order valence-electron chi connectivity index (χ4n) is 3.03. The van der Waals surface area contributed by atoms with Crippen molar-refractivity contribution in [1.82, 2.24) is 4.90 Å². The number of aliphatic hydroxyl groups is 1. The zero-order valence-electron chi connectivity index (χ0n) is 17.1. The second-order valence-corrected chi connectivity index (χ2v) is 7.75. The van der Waals surface area contributed by atoms with Gasteiger partial charge in [0, 0.05) is 25.7 Å². The summed E-state index contributed by atoms with van der Waals surface area (Å²) in [6.45, 7) is 0.0335. The number of aliphatic hydroxyl groups excluding tert-OH is 1. The molecule has 3 rings (SSSR count). The molecule has 0 saturated carbocycles. The highest BCUT2D eigenvalue weighted by Gasteiger charge is 2.26. The van der Waals surface area contributed by atoms with Crippen molar-refractivity contribution < 1.29 is 19.1 Å². The Labute approximate surface area is 194 Å². The predicted octanol–water partition coefficient (Wildman–Crippen LogP) is 3.62. The van der Waals surface area contributed by atoms with E-state index in [0.717, 1.165) is 11.6 Å². The van der Waals surface area contributed by atoms with Crippen LogP contribution in [0, 0.1) is 0 Å². The van der Waals surface area contributed by atoms with Crippen LogP contribution in [0.5, 0.6) is 5.75 Å². The van der Waals surface area contributed by atoms with Gasteiger partial charge in [0.05, 0.1) is 10.0 Å². The van der Waals surface area contributed by atoms with Crippen LogP contribution in [0.3, 0.4) is 0 Å². The third-order valence-electron chi connectivity index (χ3n) is 4.58. The summed E-state index contributed by atoms with van der Waals surface area (Å²) in [5.74, 6) is -1.18. The number of benzene rings is 2. The summed E-state index contributed by atoms with van der Waals surface area (Å²) in [6, 6.07) is 15.3. The van der Waals surface area contributed by atoms with E-state index in [0.29, 0.717) is 15.6 Å². The van der Waals surface area contributed by atoms with Gasteiger partial charge < -0.3 is 24.9 Å². The van der Waals surface area contributed by atoms with E-state index in [1.807, 2.05) is 30.3 Å². The van der Waals surface area contributed by atoms with Gasteiger partial charge in [0.1, 0.15) is 19.0 Å². The molecule has 1 aromatic heterocycles. The van der Waals surface area contributed by atoms with Gasteiger partial charge in [-0.05, 0) is 23.3 Å². The van der Waals surface area contributed by atoms with Gasteiger partial charge in [0.25, 0.3) is 5.91 Å². The van der Waals surface area contributed by atoms with E-state index in [-0.39, 0.29) is 43.5 Å². The molecule has 0 radical (unpaired) electrons. The molecule has 32 heavy (non-hydrogen) atoms. The van der Waals surface area contributed by atoms with Crippen molar-refractivity contribution in [3.63, 3.8) is 0 Å². The highest BCUT2D eigenvalue weighted by Crippen LogP contribution is 2.25. The molecule has 0 aliphatic heterocycles. The van der Waals surface area contributed by atoms with Crippen LogP contribution in [-0.2, 0) is 19.8 Å². The van der Waals surface area contributed by atoms with Crippen LogP contribution in [0.2, 0.25) is 10.0 Å². The minimum atomic E-state index is -0.600. The summed E-state index contributed by atoms with van der Waals surface area (Å²) >= 11 is 12.1. The third-order valence-corrected chi connectivity index (χ3v) is 5.31. The number of carbonyl (C=O) groups excluding carboxylic acids is 1. The lowest BCUT2D eigenvalue weighted by molar-refractivity contribution is 0.0697. The van der Waals surface area contributed by atoms with Gasteiger partial charge in [-0.1, -0.05) is 59.6 Å². The Kier molecular flexibility index (Phi) is 8.30. The fourth-order valence-corrected chi connectivity index (χ4v) is 3.35. The number of hydrogen-bond donors (Lipinski definition) is 2. The molecule has 0 bridgehead atoms. The van der Waals surface area contributed by atoms with Crippen molar-refractivity contribution >= 4 is 29.1 Å². The molecule has 0 fully saturated rings. The van der Waals surface area contributed by atoms with Crippen molar-refractivity contribution in [2.45, 2.75) is 19.8 Å². The first kappa shape index (κ1) is 23.8. The monoisotopic (exact) mass is 476 g/mol. The molecule has 0 saturated heterocycles. The van der Waals surface area contributed by atoms with Crippen LogP contribution in [0.4, 0.5) is 0 Å². The molecule has 168 valence electrons. The van der Waals surface area contributed by atoms with E-state index in [1.165, 1.54) is 4.90 Å². The minimum absolute atomic E-state index is 0.0485. The fraction of sp³-hybridized carbons (Fsp3) is 0.217. The van der Waals surface area contributed by atoms with Crippen molar-refractivity contribution in [3.8, 4) is 5.75 Å². The van der Waals surface area contributed by atoms with E-state index in [1.54, 1.807) is 18.2 Å². The second kappa shape index (κ2) is 11.2. The topological polar surface area (TPSA) is 106 Å². The first-order chi connectivity index (χ1) is 15.4. The summed E-state index contributed by atoms with van der Waals surface area (Å²) in [5, 5.41) is 10.2. The molecule has 3 N–H and O–H groups in total. The maximum absolute atomic E-state index is 13.4. The standard InChI is InChI=1S/C23H22Cl2N2O5/c24-18-7-6-16(10-19(18)25)12-27(9-8-26)23(30)22-21(20(29)11-17(13-28)32-22)31-14-15-4-2-1-3-5-15/h1-7,10-11,28H,8-9,12-14,26H2. The van der Waals surface area contributed by atoms with Crippen LogP contribution >= 0.6 is 23.2 Å². The molecule has 0 spiro atoms. The van der Waals surface area contributed by atoms with Crippen molar-refractivity contribution in [3.05, 3.63) is 97.5 Å². The minimum Gasteiger partial charge on any atom is -0.481 e. The number of ether oxygens (including phenoxy) is 1. The molecular weight excluding hydrogens is 455 g/mol. The average molecular weight is 477 g/mol. The van der Waals surface area contributed by atoms with Crippen LogP contribution < -0.4 is 15.9 Å². The first-order valence-corrected chi connectivity index (χ1v) is 10.6. The Morgan fingerprint density at radius 1 is 1.06 bits per heavy atom. The maximum atomic E-state index is 13.4. The third kappa shape index (κ3) is 5.89. The molecule has 0 atom stereocenters. The van der Waals surface area contributed by atoms with E-state index in [9.17, 15) is 14.7 Å². The quantitative estimate of drug-likeness (QED) is 0.488. The molecule has 0 aliphatic carbocycles. The van der Waals surface area contributed by atoms with Gasteiger partial charge in [-0.15, -0.1) is 0 Å². The number of nitrogens with two attached hydrogens (primary N) is 1. The highest BCUT2D eigenvalue weighted by molar-refractivity contribution is 6.42. The van der Waals surface area contributed by atoms with E-state index < -0.39 is 17.9 Å². The number of rotatable bonds is 9. The highest BCUT2D eigenvalue weighted by atomic mass is 35.5. The Bertz CT molecular complexity index is 1130. The van der Waals surface area contributed by atoms with Crippen molar-refractivity contribution in [2.24, 2.45) is 5.73 Å². The van der Waals surface area contributed by atoms with E-state index in [4.69, 9.17) is 38.1 Å². The van der Waals surface area contributed by atoms with Gasteiger partial charge in [-0.2, -0.15) is 0 Å². The Morgan fingerprint density at radius 2 is 1.81 bits per heavy atom. The van der Waals surface area contributed by atoms with Crippen molar-refractivity contribution in [2.75, 3.05) is 13.1 Å². The molecule has 0 aliphatic rings. The molecule has 0 unspecified atom stereocenters. The maximum Gasteiger partial charge on any atom is 0.294 e. The Morgan fingerprint density at radius 3 is 2.47 bits per heavy atom. The summed E-state index contributed by atoms with van der Waals surface area (Å²) in [4.78, 5) is 27.4. The SMILES string of the molecule is NCCN(Cc1ccc(Cl)c(Cl)c1)C(=O)c1oc(CO)cc(=O)c1OCc1ccccc1. The van der Waals surface area contributed by atoms with Crippen molar-refractivity contribution in [1.29, 1.82) is 0 Å². The summed E-state index contributed by atoms with van der Waals surface area (Å²) in [5.41, 5.74) is 6.67. The predicted molar refractivity (Wildman–Crippen MR) is 122 cm³/mol. The number of hydrogen-bond acceptors (Lipinski definition) is 6. The van der Waals surface area contributed by atoms with Crippen LogP contribution in [0.1, 0.15) is 27.4 Å². The largest absolute Gasteiger partial charge is 0.481 e. The molecule has 1 heterocycles. The molecule has 9 heteroatoms. The first-order valence-electron chi connectivity index (χ1n) is 9.80. The Hall–Kier alpha value is -2.84. The summed E-state index contributed by atoms with van der Waals surface area (Å²) in [7, 11) is 0. The number of nitrogens with zero attached hydrogens (tertiary/aromatic N) is 1. The van der Waals surface area contributed by atoms with Gasteiger partial charge in [0.2, 0.25) is 16.9 Å². The lowest BCUT2D eigenvalue weighted by Gasteiger charge is -2.23. The summed E-state index contributed by atoms with van der Waals surface area (Å²) < 4.78 is 11.2. The molecule has 1 amide bonds. The van der Waals surface area contributed by atoms with Crippen LogP contribution in [0.15, 0.2) is 63.8 Å². The van der Waals surface area contributed by atoms with Gasteiger partial charge in [-0.3, -0.25) is 9.59 Å². The number of carbonyl (C=O) groups is 1. The lowest BCUT2D eigenvalue weighted by Crippen LogP contribution is -2.35. The molecular formula is C23H22Cl2N2O5. The number of amides is 1. The summed E-state index contributed by atoms with van der Waals surface area (Å²) in [6.07, 6.45) is 0. The van der Waals surface area contributed by atoms with Gasteiger partial charge in [-0.25, -0.2) is 0 Å². The number of halogens is 2. The smallest absolute Gasteiger partial charge is 0.294 e. The Balaban J connectivity index is 1.94. The second-order valence-electron chi connectivity index (χ2n) is 6.93. The van der Waals surface area contributed by atoms with Crippen LogP contribution in [-0.4, -0.2) is 29.0 Å². The zero-order chi connectivity index (χ0) is 23.1. The van der Waals surface area contributed by atoms with E-state index >= 15 is 0 Å². The molecule has 2 aromatic carbocycles. The van der Waals surface area contributed by atoms with Gasteiger partial charge in [0.15, 0.2) is 0 Å². The molecule has 3 aromatic rings. The van der Waals surface area contributed by atoms with Gasteiger partial charge >= 0.3 is 0 Å². The zero-order valence-corrected chi connectivity index (χ0v) is 18.6. The van der Waals surface area contributed by atoms with Crippen LogP contribution in [0.25, 0.3) is 0 Å².